The Hall–Kier alpha value is -4.36. The van der Waals surface area contributed by atoms with Crippen LogP contribution in [0.25, 0.3) is 0 Å². The average molecular weight is 825 g/mol. The van der Waals surface area contributed by atoms with Crippen molar-refractivity contribution < 1.29 is 61.5 Å². The molecule has 57 heavy (non-hydrogen) atoms. The second-order valence-corrected chi connectivity index (χ2v) is 14.8. The van der Waals surface area contributed by atoms with Crippen LogP contribution in [0.15, 0.2) is 47.5 Å². The first-order valence-corrected chi connectivity index (χ1v) is 21.1. The van der Waals surface area contributed by atoms with Crippen LogP contribution in [0.4, 0.5) is 5.82 Å². The number of anilines is 1. The van der Waals surface area contributed by atoms with Crippen molar-refractivity contribution in [2.24, 2.45) is 0 Å². The fourth-order valence-electron chi connectivity index (χ4n) is 5.25. The maximum Gasteiger partial charge on any atom is 0.329 e. The van der Waals surface area contributed by atoms with E-state index in [-0.39, 0.29) is 94.5 Å². The van der Waals surface area contributed by atoms with Crippen LogP contribution in [0.1, 0.15) is 93.8 Å². The number of ether oxygens (including phenoxy) is 5. The molecule has 0 aliphatic rings. The third-order valence-electron chi connectivity index (χ3n) is 8.26. The van der Waals surface area contributed by atoms with Gasteiger partial charge in [-0.2, -0.15) is 0 Å². The number of carbonyl (C=O) groups excluding carboxylic acids is 2. The minimum atomic E-state index is -3.92. The summed E-state index contributed by atoms with van der Waals surface area (Å²) in [6.07, 6.45) is 14.8. The van der Waals surface area contributed by atoms with Crippen molar-refractivity contribution in [3.05, 3.63) is 48.2 Å². The highest BCUT2D eigenvalue weighted by Crippen LogP contribution is 2.19. The van der Waals surface area contributed by atoms with Gasteiger partial charge in [0, 0.05) is 25.7 Å². The molecule has 0 radical (unpaired) electrons. The number of hydrogen-bond acceptors (Lipinski definition) is 12. The third-order valence-corrected chi connectivity index (χ3v) is 9.63. The lowest BCUT2D eigenvalue weighted by molar-refractivity contribution is -0.143. The van der Waals surface area contributed by atoms with E-state index in [0.29, 0.717) is 12.4 Å². The number of aromatic nitrogens is 1. The topological polar surface area (TPSA) is 238 Å². The number of benzene rings is 1. The fourth-order valence-corrected chi connectivity index (χ4v) is 6.26. The van der Waals surface area contributed by atoms with Gasteiger partial charge in [-0.15, -0.1) is 0 Å². The predicted molar refractivity (Wildman–Crippen MR) is 211 cm³/mol. The maximum atomic E-state index is 12.9. The summed E-state index contributed by atoms with van der Waals surface area (Å²) < 4.78 is 54.7. The molecule has 0 aliphatic carbocycles. The van der Waals surface area contributed by atoms with Crippen LogP contribution in [-0.2, 0) is 43.4 Å². The van der Waals surface area contributed by atoms with E-state index in [1.165, 1.54) is 69.0 Å². The van der Waals surface area contributed by atoms with E-state index in [1.807, 2.05) is 0 Å². The molecule has 0 bridgehead atoms. The standard InChI is InChI=1S/C39H60N4O13S/c44-36(40-20-23-52-26-28-55-31-38(47)48)30-54-27-25-53-24-21-41-39(49)32-14-19-35(42-29-32)43-57(50,51)34-17-15-33(16-18-34)56-22-12-10-8-6-4-2-1-3-5-7-9-11-13-37(45)46/h14-19,29H,1-13,20-28,30-31H2,(H,40,44)(H,41,49)(H,42,43)(H,45,46)(H,47,48). The average Bonchev–Trinajstić information content (AvgIpc) is 3.18. The molecular weight excluding hydrogens is 765 g/mol. The number of carboxylic acid groups (broad SMARTS) is 2. The van der Waals surface area contributed by atoms with E-state index in [9.17, 15) is 27.6 Å². The van der Waals surface area contributed by atoms with Gasteiger partial charge in [-0.1, -0.05) is 64.2 Å². The first-order valence-electron chi connectivity index (χ1n) is 19.6. The first kappa shape index (κ1) is 48.8. The lowest BCUT2D eigenvalue weighted by Crippen LogP contribution is -2.31. The van der Waals surface area contributed by atoms with Gasteiger partial charge in [0.1, 0.15) is 24.8 Å². The van der Waals surface area contributed by atoms with Crippen molar-refractivity contribution in [1.29, 1.82) is 0 Å². The molecule has 18 heteroatoms. The SMILES string of the molecule is O=C(O)CCCCCCCCCCCCCCOc1ccc(S(=O)(=O)Nc2ccc(C(=O)NCCOCCOCC(=O)NCCOCCOCC(=O)O)cn2)cc1. The Kier molecular flexibility index (Phi) is 26.3. The molecule has 5 N–H and O–H groups in total. The summed E-state index contributed by atoms with van der Waals surface area (Å²) in [6.45, 7) is 1.66. The zero-order valence-corrected chi connectivity index (χ0v) is 33.6. The van der Waals surface area contributed by atoms with Crippen molar-refractivity contribution in [2.45, 2.75) is 88.4 Å². The van der Waals surface area contributed by atoms with Gasteiger partial charge < -0.3 is 44.5 Å². The second kappa shape index (κ2) is 30.7. The lowest BCUT2D eigenvalue weighted by Gasteiger charge is -2.10. The number of nitrogens with one attached hydrogen (secondary N) is 3. The van der Waals surface area contributed by atoms with Gasteiger partial charge >= 0.3 is 11.9 Å². The molecule has 1 aromatic carbocycles. The number of carboxylic acids is 2. The summed E-state index contributed by atoms with van der Waals surface area (Å²) in [7, 11) is -3.92. The van der Waals surface area contributed by atoms with E-state index >= 15 is 0 Å². The zero-order valence-electron chi connectivity index (χ0n) is 32.8. The Balaban J connectivity index is 1.50. The summed E-state index contributed by atoms with van der Waals surface area (Å²) in [6, 6.07) is 9.02. The van der Waals surface area contributed by atoms with E-state index in [1.54, 1.807) is 12.1 Å². The molecule has 0 fully saturated rings. The van der Waals surface area contributed by atoms with Gasteiger partial charge in [0.2, 0.25) is 5.91 Å². The normalized spacial score (nSPS) is 11.2. The summed E-state index contributed by atoms with van der Waals surface area (Å²) in [5.74, 6) is -1.86. The van der Waals surface area contributed by atoms with Gasteiger partial charge in [-0.25, -0.2) is 18.2 Å². The van der Waals surface area contributed by atoms with Crippen molar-refractivity contribution >= 4 is 39.6 Å². The summed E-state index contributed by atoms with van der Waals surface area (Å²) in [5.41, 5.74) is 0.237. The highest BCUT2D eigenvalue weighted by molar-refractivity contribution is 7.92. The molecule has 1 aromatic heterocycles. The number of hydrogen-bond donors (Lipinski definition) is 5. The molecule has 0 unspecified atom stereocenters. The highest BCUT2D eigenvalue weighted by atomic mass is 32.2. The van der Waals surface area contributed by atoms with Crippen LogP contribution < -0.4 is 20.1 Å². The first-order chi connectivity index (χ1) is 27.6. The number of sulfonamides is 1. The Labute approximate surface area is 335 Å². The van der Waals surface area contributed by atoms with E-state index in [0.717, 1.165) is 38.5 Å². The molecule has 2 rings (SSSR count). The Morgan fingerprint density at radius 2 is 1.12 bits per heavy atom. The monoisotopic (exact) mass is 824 g/mol. The molecular formula is C39H60N4O13S. The van der Waals surface area contributed by atoms with Crippen LogP contribution >= 0.6 is 0 Å². The molecule has 0 aliphatic heterocycles. The van der Waals surface area contributed by atoms with Gasteiger partial charge in [0.15, 0.2) is 0 Å². The van der Waals surface area contributed by atoms with Crippen molar-refractivity contribution in [2.75, 3.05) is 77.3 Å². The summed E-state index contributed by atoms with van der Waals surface area (Å²) in [5, 5.41) is 22.4. The number of carbonyl (C=O) groups is 4. The largest absolute Gasteiger partial charge is 0.494 e. The second-order valence-electron chi connectivity index (χ2n) is 13.1. The van der Waals surface area contributed by atoms with Crippen molar-refractivity contribution in [3.8, 4) is 5.75 Å². The lowest BCUT2D eigenvalue weighted by atomic mass is 10.0. The summed E-state index contributed by atoms with van der Waals surface area (Å²) in [4.78, 5) is 49.2. The van der Waals surface area contributed by atoms with Crippen molar-refractivity contribution in [1.82, 2.24) is 15.6 Å². The number of rotatable bonds is 36. The number of amides is 2. The summed E-state index contributed by atoms with van der Waals surface area (Å²) >= 11 is 0. The number of pyridine rings is 1. The molecule has 17 nitrogen and oxygen atoms in total. The zero-order chi connectivity index (χ0) is 41.4. The van der Waals surface area contributed by atoms with Crippen LogP contribution in [0.3, 0.4) is 0 Å². The number of nitrogens with zero attached hydrogens (tertiary/aromatic N) is 1. The van der Waals surface area contributed by atoms with E-state index < -0.39 is 27.9 Å². The van der Waals surface area contributed by atoms with E-state index in [2.05, 4.69) is 20.3 Å². The Morgan fingerprint density at radius 3 is 1.68 bits per heavy atom. The number of unbranched alkanes of at least 4 members (excludes halogenated alkanes) is 11. The molecule has 1 heterocycles. The van der Waals surface area contributed by atoms with Crippen LogP contribution in [0, 0.1) is 0 Å². The molecule has 0 spiro atoms. The molecule has 0 saturated heterocycles. The smallest absolute Gasteiger partial charge is 0.329 e. The molecule has 320 valence electrons. The molecule has 2 aromatic rings. The maximum absolute atomic E-state index is 12.9. The molecule has 0 atom stereocenters. The third kappa shape index (κ3) is 25.5. The van der Waals surface area contributed by atoms with Gasteiger partial charge in [-0.3, -0.25) is 19.1 Å². The molecule has 0 saturated carbocycles. The molecule has 2 amide bonds. The van der Waals surface area contributed by atoms with Gasteiger partial charge in [0.25, 0.3) is 15.9 Å². The van der Waals surface area contributed by atoms with Crippen molar-refractivity contribution in [3.63, 3.8) is 0 Å². The van der Waals surface area contributed by atoms with Gasteiger partial charge in [0.05, 0.1) is 56.7 Å². The quantitative estimate of drug-likeness (QED) is 0.0599. The minimum Gasteiger partial charge on any atom is -0.494 e. The van der Waals surface area contributed by atoms with Crippen LogP contribution in [0.2, 0.25) is 0 Å². The van der Waals surface area contributed by atoms with Crippen LogP contribution in [0.5, 0.6) is 5.75 Å². The fraction of sp³-hybridized carbons (Fsp3) is 0.615. The van der Waals surface area contributed by atoms with Gasteiger partial charge in [-0.05, 0) is 49.2 Å². The minimum absolute atomic E-state index is 0.0476. The highest BCUT2D eigenvalue weighted by Gasteiger charge is 2.16. The van der Waals surface area contributed by atoms with Crippen LogP contribution in [-0.4, -0.2) is 120 Å². The Bertz CT molecular complexity index is 1530. The predicted octanol–water partition coefficient (Wildman–Crippen LogP) is 4.41. The Morgan fingerprint density at radius 1 is 0.579 bits per heavy atom. The number of aliphatic carboxylic acids is 2. The van der Waals surface area contributed by atoms with E-state index in [4.69, 9.17) is 33.9 Å².